The number of rotatable bonds is 7. The van der Waals surface area contributed by atoms with Gasteiger partial charge in [0.15, 0.2) is 0 Å². The zero-order valence-corrected chi connectivity index (χ0v) is 21.8. The lowest BCUT2D eigenvalue weighted by atomic mass is 9.50. The van der Waals surface area contributed by atoms with Gasteiger partial charge in [-0.3, -0.25) is 0 Å². The van der Waals surface area contributed by atoms with E-state index in [1.54, 1.807) is 18.3 Å². The molecule has 0 radical (unpaired) electrons. The fourth-order valence-corrected chi connectivity index (χ4v) is 7.89. The Balaban J connectivity index is 1.52. The molecule has 4 aliphatic carbocycles. The molecular formula is C30H48O2. The fraction of sp³-hybridized carbons (Fsp3) is 0.800. The lowest BCUT2D eigenvalue weighted by Crippen LogP contribution is -2.46. The second-order valence-electron chi connectivity index (χ2n) is 12.4. The van der Waals surface area contributed by atoms with Crippen molar-refractivity contribution >= 4 is 0 Å². The van der Waals surface area contributed by atoms with Gasteiger partial charge in [-0.2, -0.15) is 0 Å². The molecule has 0 N–H and O–H groups in total. The summed E-state index contributed by atoms with van der Waals surface area (Å²) in [7, 11) is 1.72. The van der Waals surface area contributed by atoms with Crippen LogP contribution in [-0.2, 0) is 9.47 Å². The number of hydrogen-bond donors (Lipinski definition) is 0. The van der Waals surface area contributed by atoms with Crippen molar-refractivity contribution in [2.75, 3.05) is 13.9 Å². The Kier molecular flexibility index (Phi) is 7.14. The van der Waals surface area contributed by atoms with Crippen LogP contribution in [0, 0.1) is 46.3 Å². The third-order valence-corrected chi connectivity index (χ3v) is 10.4. The smallest absolute Gasteiger partial charge is 0.146 e. The lowest BCUT2D eigenvalue weighted by Gasteiger charge is -2.55. The summed E-state index contributed by atoms with van der Waals surface area (Å²) in [5.74, 6) is 4.43. The molecule has 3 saturated carbocycles. The van der Waals surface area contributed by atoms with E-state index in [4.69, 9.17) is 9.47 Å². The van der Waals surface area contributed by atoms with Crippen molar-refractivity contribution in [1.82, 2.24) is 0 Å². The van der Waals surface area contributed by atoms with Gasteiger partial charge >= 0.3 is 0 Å². The van der Waals surface area contributed by atoms with Gasteiger partial charge in [-0.15, -0.1) is 0 Å². The first-order chi connectivity index (χ1) is 15.2. The molecule has 0 spiro atoms. The minimum Gasteiger partial charge on any atom is -0.359 e. The minimum absolute atomic E-state index is 0.329. The molecule has 0 aromatic heterocycles. The van der Waals surface area contributed by atoms with Crippen LogP contribution in [0.3, 0.4) is 0 Å². The molecule has 0 amide bonds. The molecule has 0 saturated heterocycles. The van der Waals surface area contributed by atoms with Crippen LogP contribution in [0.2, 0.25) is 0 Å². The monoisotopic (exact) mass is 440 g/mol. The van der Waals surface area contributed by atoms with Crippen molar-refractivity contribution in [1.29, 1.82) is 0 Å². The summed E-state index contributed by atoms with van der Waals surface area (Å²) in [6.07, 6.45) is 19.5. The predicted molar refractivity (Wildman–Crippen MR) is 134 cm³/mol. The molecule has 0 aromatic carbocycles. The van der Waals surface area contributed by atoms with Gasteiger partial charge < -0.3 is 9.47 Å². The highest BCUT2D eigenvalue weighted by atomic mass is 16.7. The topological polar surface area (TPSA) is 18.5 Å². The first-order valence-corrected chi connectivity index (χ1v) is 13.4. The zero-order valence-electron chi connectivity index (χ0n) is 21.8. The summed E-state index contributed by atoms with van der Waals surface area (Å²) < 4.78 is 11.1. The average molecular weight is 441 g/mol. The SMILES string of the molecule is COCO[C@H]1CC[C@@]2(C)C(=CC=C3[C@@H]4CC[C@H]([C@H](C)/C=C/[C@H](C)C(C)C)[C@@]4(C)CC[C@@H]32)C1. The Morgan fingerprint density at radius 3 is 2.47 bits per heavy atom. The summed E-state index contributed by atoms with van der Waals surface area (Å²) >= 11 is 0. The van der Waals surface area contributed by atoms with Crippen LogP contribution in [-0.4, -0.2) is 20.0 Å². The zero-order chi connectivity index (χ0) is 23.1. The molecule has 32 heavy (non-hydrogen) atoms. The van der Waals surface area contributed by atoms with E-state index in [1.807, 2.05) is 0 Å². The molecule has 0 bridgehead atoms. The number of fused-ring (bicyclic) bond motifs is 5. The van der Waals surface area contributed by atoms with Crippen molar-refractivity contribution in [3.8, 4) is 0 Å². The van der Waals surface area contributed by atoms with Crippen LogP contribution >= 0.6 is 0 Å². The molecule has 0 heterocycles. The third kappa shape index (κ3) is 4.20. The van der Waals surface area contributed by atoms with E-state index in [9.17, 15) is 0 Å². The maximum atomic E-state index is 5.95. The van der Waals surface area contributed by atoms with Crippen molar-refractivity contribution in [3.63, 3.8) is 0 Å². The molecule has 2 nitrogen and oxygen atoms in total. The first-order valence-electron chi connectivity index (χ1n) is 13.4. The van der Waals surface area contributed by atoms with Gasteiger partial charge in [-0.05, 0) is 91.3 Å². The minimum atomic E-state index is 0.329. The molecule has 0 aromatic rings. The van der Waals surface area contributed by atoms with E-state index in [0.29, 0.717) is 35.6 Å². The molecular weight excluding hydrogens is 392 g/mol. The maximum Gasteiger partial charge on any atom is 0.146 e. The Morgan fingerprint density at radius 2 is 1.75 bits per heavy atom. The Bertz CT molecular complexity index is 761. The Morgan fingerprint density at radius 1 is 0.969 bits per heavy atom. The molecule has 3 fully saturated rings. The lowest BCUT2D eigenvalue weighted by molar-refractivity contribution is -0.0864. The highest BCUT2D eigenvalue weighted by Gasteiger charge is 2.56. The number of methoxy groups -OCH3 is 1. The molecule has 8 atom stereocenters. The molecule has 0 unspecified atom stereocenters. The van der Waals surface area contributed by atoms with Crippen LogP contribution in [0.1, 0.15) is 86.5 Å². The van der Waals surface area contributed by atoms with E-state index < -0.39 is 0 Å². The van der Waals surface area contributed by atoms with Crippen LogP contribution in [0.5, 0.6) is 0 Å². The summed E-state index contributed by atoms with van der Waals surface area (Å²) in [5.41, 5.74) is 4.24. The predicted octanol–water partition coefficient (Wildman–Crippen LogP) is 7.96. The second kappa shape index (κ2) is 9.41. The molecule has 4 rings (SSSR count). The first kappa shape index (κ1) is 24.3. The largest absolute Gasteiger partial charge is 0.359 e. The fourth-order valence-electron chi connectivity index (χ4n) is 7.89. The highest BCUT2D eigenvalue weighted by Crippen LogP contribution is 2.66. The van der Waals surface area contributed by atoms with Gasteiger partial charge in [-0.1, -0.05) is 77.0 Å². The maximum absolute atomic E-state index is 5.95. The number of allylic oxidation sites excluding steroid dienone is 5. The molecule has 180 valence electrons. The quantitative estimate of drug-likeness (QED) is 0.295. The number of hydrogen-bond acceptors (Lipinski definition) is 2. The van der Waals surface area contributed by atoms with Crippen LogP contribution in [0.4, 0.5) is 0 Å². The van der Waals surface area contributed by atoms with Gasteiger partial charge in [0.25, 0.3) is 0 Å². The standard InChI is InChI=1S/C30H48O2/c1-20(2)21(3)8-9-22(4)26-12-13-27-25-11-10-23-18-24(32-19-31-7)14-16-29(23,5)28(25)15-17-30(26,27)6/h8-11,20-22,24,26-28H,12-19H2,1-7H3/b9-8+/t21-,22+,24-,26+,27-,28-,29-,30+/m0/s1. The van der Waals surface area contributed by atoms with Crippen molar-refractivity contribution < 1.29 is 9.47 Å². The summed E-state index contributed by atoms with van der Waals surface area (Å²) in [5, 5.41) is 0. The number of ether oxygens (including phenoxy) is 2. The van der Waals surface area contributed by atoms with Crippen LogP contribution in [0.25, 0.3) is 0 Å². The Labute approximate surface area is 197 Å². The third-order valence-electron chi connectivity index (χ3n) is 10.4. The average Bonchev–Trinajstić information content (AvgIpc) is 3.12. The van der Waals surface area contributed by atoms with E-state index in [-0.39, 0.29) is 0 Å². The van der Waals surface area contributed by atoms with Crippen molar-refractivity contribution in [2.45, 2.75) is 92.6 Å². The van der Waals surface area contributed by atoms with Crippen molar-refractivity contribution in [3.05, 3.63) is 35.5 Å². The van der Waals surface area contributed by atoms with Gasteiger partial charge in [0.05, 0.1) is 6.10 Å². The highest BCUT2D eigenvalue weighted by molar-refractivity contribution is 5.39. The molecule has 0 aliphatic heterocycles. The van der Waals surface area contributed by atoms with E-state index >= 15 is 0 Å². The van der Waals surface area contributed by atoms with Crippen LogP contribution in [0.15, 0.2) is 35.5 Å². The molecule has 2 heteroatoms. The summed E-state index contributed by atoms with van der Waals surface area (Å²) in [6, 6.07) is 0. The van der Waals surface area contributed by atoms with Crippen LogP contribution < -0.4 is 0 Å². The van der Waals surface area contributed by atoms with Gasteiger partial charge in [0.1, 0.15) is 6.79 Å². The summed E-state index contributed by atoms with van der Waals surface area (Å²) in [4.78, 5) is 0. The Hall–Kier alpha value is -0.860. The van der Waals surface area contributed by atoms with E-state index in [1.165, 1.54) is 38.5 Å². The van der Waals surface area contributed by atoms with Gasteiger partial charge in [0.2, 0.25) is 0 Å². The van der Waals surface area contributed by atoms with Gasteiger partial charge in [-0.25, -0.2) is 0 Å². The summed E-state index contributed by atoms with van der Waals surface area (Å²) in [6.45, 7) is 15.2. The molecule has 4 aliphatic rings. The second-order valence-corrected chi connectivity index (χ2v) is 12.4. The van der Waals surface area contributed by atoms with E-state index in [2.05, 4.69) is 65.8 Å². The van der Waals surface area contributed by atoms with Gasteiger partial charge in [0, 0.05) is 7.11 Å². The van der Waals surface area contributed by atoms with Crippen molar-refractivity contribution in [2.24, 2.45) is 46.3 Å². The van der Waals surface area contributed by atoms with E-state index in [0.717, 1.165) is 30.1 Å². The normalized spacial score (nSPS) is 41.0.